The van der Waals surface area contributed by atoms with E-state index in [9.17, 15) is 4.79 Å². The van der Waals surface area contributed by atoms with Crippen LogP contribution in [-0.2, 0) is 13.6 Å². The number of piperazine rings is 1. The fraction of sp³-hybridized carbons (Fsp3) is 0.500. The lowest BCUT2D eigenvalue weighted by Gasteiger charge is -2.34. The molecular formula is C22H32N4O. The first-order chi connectivity index (χ1) is 13.1. The number of unbranched alkanes of at least 4 members (excludes halogenated alkanes) is 1. The second-order valence-corrected chi connectivity index (χ2v) is 7.52. The molecule has 1 saturated heterocycles. The van der Waals surface area contributed by atoms with Gasteiger partial charge in [-0.15, -0.1) is 0 Å². The molecule has 0 aliphatic carbocycles. The molecule has 1 N–H and O–H groups in total. The highest BCUT2D eigenvalue weighted by Crippen LogP contribution is 2.10. The first kappa shape index (κ1) is 19.6. The molecule has 2 aromatic rings. The summed E-state index contributed by atoms with van der Waals surface area (Å²) in [6, 6.07) is 12.7. The molecule has 3 rings (SSSR count). The standard InChI is InChI=1S/C22H32N4O/c1-19-10-13-24(2)21(19)22(27)23-11-6-7-12-25-14-16-26(17-15-25)18-20-8-4-3-5-9-20/h3-5,8-10,13H,6-7,11-12,14-18H2,1-2H3,(H,23,27). The van der Waals surface area contributed by atoms with Gasteiger partial charge in [-0.1, -0.05) is 30.3 Å². The highest BCUT2D eigenvalue weighted by Gasteiger charge is 2.16. The summed E-state index contributed by atoms with van der Waals surface area (Å²) in [5.41, 5.74) is 3.20. The van der Waals surface area contributed by atoms with E-state index in [1.54, 1.807) is 0 Å². The van der Waals surface area contributed by atoms with E-state index in [2.05, 4.69) is 45.4 Å². The summed E-state index contributed by atoms with van der Waals surface area (Å²) in [6.07, 6.45) is 4.09. The second-order valence-electron chi connectivity index (χ2n) is 7.52. The summed E-state index contributed by atoms with van der Waals surface area (Å²) >= 11 is 0. The van der Waals surface area contributed by atoms with E-state index in [1.807, 2.05) is 30.8 Å². The molecule has 146 valence electrons. The Morgan fingerprint density at radius 1 is 1.00 bits per heavy atom. The van der Waals surface area contributed by atoms with E-state index in [4.69, 9.17) is 0 Å². The predicted octanol–water partition coefficient (Wildman–Crippen LogP) is 2.66. The Morgan fingerprint density at radius 2 is 1.70 bits per heavy atom. The fourth-order valence-electron chi connectivity index (χ4n) is 3.75. The number of aromatic nitrogens is 1. The van der Waals surface area contributed by atoms with Gasteiger partial charge in [-0.25, -0.2) is 0 Å². The van der Waals surface area contributed by atoms with Gasteiger partial charge in [0.2, 0.25) is 0 Å². The number of benzene rings is 1. The first-order valence-corrected chi connectivity index (χ1v) is 10.0. The van der Waals surface area contributed by atoms with Crippen LogP contribution < -0.4 is 5.32 Å². The highest BCUT2D eigenvalue weighted by atomic mass is 16.1. The van der Waals surface area contributed by atoms with Gasteiger partial charge >= 0.3 is 0 Å². The van der Waals surface area contributed by atoms with Crippen LogP contribution in [0.15, 0.2) is 42.6 Å². The lowest BCUT2D eigenvalue weighted by Crippen LogP contribution is -2.46. The maximum absolute atomic E-state index is 12.3. The van der Waals surface area contributed by atoms with Crippen molar-refractivity contribution < 1.29 is 4.79 Å². The summed E-state index contributed by atoms with van der Waals surface area (Å²) in [7, 11) is 1.92. The number of carbonyl (C=O) groups is 1. The lowest BCUT2D eigenvalue weighted by molar-refractivity contribution is 0.0942. The van der Waals surface area contributed by atoms with E-state index in [1.165, 1.54) is 5.56 Å². The molecule has 1 aliphatic heterocycles. The number of hydrogen-bond donors (Lipinski definition) is 1. The molecule has 1 aliphatic rings. The fourth-order valence-corrected chi connectivity index (χ4v) is 3.75. The van der Waals surface area contributed by atoms with E-state index >= 15 is 0 Å². The minimum absolute atomic E-state index is 0.0366. The monoisotopic (exact) mass is 368 g/mol. The van der Waals surface area contributed by atoms with Crippen LogP contribution >= 0.6 is 0 Å². The number of nitrogens with zero attached hydrogens (tertiary/aromatic N) is 3. The van der Waals surface area contributed by atoms with Crippen molar-refractivity contribution in [2.45, 2.75) is 26.3 Å². The zero-order valence-electron chi connectivity index (χ0n) is 16.7. The molecule has 1 aromatic carbocycles. The SMILES string of the molecule is Cc1ccn(C)c1C(=O)NCCCCN1CCN(Cc2ccccc2)CC1. The Labute approximate surface area is 163 Å². The molecule has 0 saturated carbocycles. The molecule has 1 aromatic heterocycles. The maximum atomic E-state index is 12.3. The Balaban J connectivity index is 1.28. The van der Waals surface area contributed by atoms with Gasteiger partial charge in [0, 0.05) is 52.5 Å². The third-order valence-corrected chi connectivity index (χ3v) is 5.39. The number of hydrogen-bond acceptors (Lipinski definition) is 3. The van der Waals surface area contributed by atoms with Gasteiger partial charge in [-0.05, 0) is 43.5 Å². The lowest BCUT2D eigenvalue weighted by atomic mass is 10.2. The third-order valence-electron chi connectivity index (χ3n) is 5.39. The molecule has 5 heteroatoms. The van der Waals surface area contributed by atoms with Gasteiger partial charge in [0.05, 0.1) is 0 Å². The van der Waals surface area contributed by atoms with Crippen molar-refractivity contribution in [1.82, 2.24) is 19.7 Å². The van der Waals surface area contributed by atoms with Crippen LogP contribution in [0.25, 0.3) is 0 Å². The van der Waals surface area contributed by atoms with Crippen molar-refractivity contribution in [2.24, 2.45) is 7.05 Å². The molecule has 1 fully saturated rings. The molecule has 2 heterocycles. The summed E-state index contributed by atoms with van der Waals surface area (Å²) in [6.45, 7) is 9.46. The molecule has 0 unspecified atom stereocenters. The second kappa shape index (κ2) is 9.72. The third kappa shape index (κ3) is 5.68. The Morgan fingerprint density at radius 3 is 2.37 bits per heavy atom. The van der Waals surface area contributed by atoms with Crippen LogP contribution in [0, 0.1) is 6.92 Å². The maximum Gasteiger partial charge on any atom is 0.268 e. The number of amides is 1. The van der Waals surface area contributed by atoms with Crippen LogP contribution in [0.4, 0.5) is 0 Å². The number of rotatable bonds is 8. The Hall–Kier alpha value is -2.11. The Bertz CT molecular complexity index is 698. The van der Waals surface area contributed by atoms with Crippen LogP contribution in [0.3, 0.4) is 0 Å². The molecule has 0 spiro atoms. The highest BCUT2D eigenvalue weighted by molar-refractivity contribution is 5.94. The van der Waals surface area contributed by atoms with Crippen molar-refractivity contribution in [1.29, 1.82) is 0 Å². The van der Waals surface area contributed by atoms with Gasteiger partial charge in [0.25, 0.3) is 5.91 Å². The average molecular weight is 369 g/mol. The van der Waals surface area contributed by atoms with E-state index in [0.29, 0.717) is 0 Å². The number of aryl methyl sites for hydroxylation is 2. The van der Waals surface area contributed by atoms with Gasteiger partial charge in [-0.3, -0.25) is 9.69 Å². The van der Waals surface area contributed by atoms with Crippen molar-refractivity contribution in [3.8, 4) is 0 Å². The van der Waals surface area contributed by atoms with Gasteiger partial charge in [0.1, 0.15) is 5.69 Å². The zero-order valence-corrected chi connectivity index (χ0v) is 16.7. The minimum atomic E-state index is 0.0366. The van der Waals surface area contributed by atoms with Gasteiger partial charge in [-0.2, -0.15) is 0 Å². The predicted molar refractivity (Wildman–Crippen MR) is 110 cm³/mol. The van der Waals surface area contributed by atoms with E-state index < -0.39 is 0 Å². The molecule has 0 bridgehead atoms. The van der Waals surface area contributed by atoms with Crippen molar-refractivity contribution in [2.75, 3.05) is 39.3 Å². The van der Waals surface area contributed by atoms with Crippen molar-refractivity contribution >= 4 is 5.91 Å². The largest absolute Gasteiger partial charge is 0.351 e. The topological polar surface area (TPSA) is 40.5 Å². The molecule has 5 nitrogen and oxygen atoms in total. The first-order valence-electron chi connectivity index (χ1n) is 10.0. The normalized spacial score (nSPS) is 15.8. The molecule has 0 radical (unpaired) electrons. The zero-order chi connectivity index (χ0) is 19.1. The molecule has 1 amide bonds. The summed E-state index contributed by atoms with van der Waals surface area (Å²) < 4.78 is 1.89. The quantitative estimate of drug-likeness (QED) is 0.729. The van der Waals surface area contributed by atoms with E-state index in [-0.39, 0.29) is 5.91 Å². The van der Waals surface area contributed by atoms with Crippen LogP contribution in [0.1, 0.15) is 34.5 Å². The molecular weight excluding hydrogens is 336 g/mol. The van der Waals surface area contributed by atoms with E-state index in [0.717, 1.165) is 69.9 Å². The summed E-state index contributed by atoms with van der Waals surface area (Å²) in [5, 5.41) is 3.05. The van der Waals surface area contributed by atoms with Crippen LogP contribution in [0.5, 0.6) is 0 Å². The number of nitrogens with one attached hydrogen (secondary N) is 1. The smallest absolute Gasteiger partial charge is 0.268 e. The number of carbonyl (C=O) groups excluding carboxylic acids is 1. The molecule has 27 heavy (non-hydrogen) atoms. The Kier molecular flexibility index (Phi) is 7.07. The summed E-state index contributed by atoms with van der Waals surface area (Å²) in [5.74, 6) is 0.0366. The average Bonchev–Trinajstić information content (AvgIpc) is 3.02. The van der Waals surface area contributed by atoms with Crippen molar-refractivity contribution in [3.63, 3.8) is 0 Å². The van der Waals surface area contributed by atoms with Crippen LogP contribution in [-0.4, -0.2) is 59.5 Å². The van der Waals surface area contributed by atoms with Crippen molar-refractivity contribution in [3.05, 3.63) is 59.4 Å². The summed E-state index contributed by atoms with van der Waals surface area (Å²) in [4.78, 5) is 17.3. The van der Waals surface area contributed by atoms with Gasteiger partial charge < -0.3 is 14.8 Å². The molecule has 0 atom stereocenters. The van der Waals surface area contributed by atoms with Crippen LogP contribution in [0.2, 0.25) is 0 Å². The minimum Gasteiger partial charge on any atom is -0.351 e. The van der Waals surface area contributed by atoms with Gasteiger partial charge in [0.15, 0.2) is 0 Å².